The maximum Gasteiger partial charge on any atom is 0.240 e. The zero-order valence-electron chi connectivity index (χ0n) is 13.8. The van der Waals surface area contributed by atoms with Crippen LogP contribution in [0.2, 0.25) is 0 Å². The first kappa shape index (κ1) is 21.9. The van der Waals surface area contributed by atoms with Gasteiger partial charge in [0.15, 0.2) is 0 Å². The normalized spacial score (nSPS) is 26.9. The fraction of sp³-hybridized carbons (Fsp3) is 0.933. The Balaban J connectivity index is 0.00000220. The summed E-state index contributed by atoms with van der Waals surface area (Å²) in [5.74, 6) is 0.810. The fourth-order valence-electron chi connectivity index (χ4n) is 3.09. The molecule has 2 N–H and O–H groups in total. The quantitative estimate of drug-likeness (QED) is 0.801. The van der Waals surface area contributed by atoms with Crippen molar-refractivity contribution in [1.82, 2.24) is 15.5 Å². The number of rotatable bonds is 4. The minimum atomic E-state index is -0.197. The highest BCUT2D eigenvalue weighted by molar-refractivity contribution is 5.85. The number of hydrogen-bond donors (Lipinski definition) is 2. The highest BCUT2D eigenvalue weighted by Crippen LogP contribution is 2.13. The summed E-state index contributed by atoms with van der Waals surface area (Å²) < 4.78 is 5.53. The van der Waals surface area contributed by atoms with Gasteiger partial charge in [-0.2, -0.15) is 0 Å². The third-order valence-corrected chi connectivity index (χ3v) is 4.16. The molecule has 7 heteroatoms. The molecule has 0 radical (unpaired) electrons. The summed E-state index contributed by atoms with van der Waals surface area (Å²) in [5, 5.41) is 6.43. The van der Waals surface area contributed by atoms with Gasteiger partial charge in [-0.3, -0.25) is 4.79 Å². The monoisotopic (exact) mass is 355 g/mol. The molecular weight excluding hydrogens is 325 g/mol. The van der Waals surface area contributed by atoms with Crippen LogP contribution in [0.3, 0.4) is 0 Å². The number of piperidine rings is 1. The van der Waals surface area contributed by atoms with Crippen molar-refractivity contribution in [2.24, 2.45) is 5.92 Å². The van der Waals surface area contributed by atoms with Gasteiger partial charge in [0.2, 0.25) is 5.91 Å². The van der Waals surface area contributed by atoms with Crippen LogP contribution >= 0.6 is 24.8 Å². The molecule has 2 aliphatic heterocycles. The first-order valence-corrected chi connectivity index (χ1v) is 7.94. The number of carbonyl (C=O) groups is 1. The van der Waals surface area contributed by atoms with Gasteiger partial charge in [0, 0.05) is 32.2 Å². The second kappa shape index (κ2) is 10.7. The topological polar surface area (TPSA) is 53.6 Å². The molecule has 2 heterocycles. The molecule has 0 aromatic rings. The summed E-state index contributed by atoms with van der Waals surface area (Å²) in [7, 11) is 0. The van der Waals surface area contributed by atoms with Crippen LogP contribution in [0.25, 0.3) is 0 Å². The average molecular weight is 356 g/mol. The molecule has 0 aromatic carbocycles. The first-order valence-electron chi connectivity index (χ1n) is 7.94. The summed E-state index contributed by atoms with van der Waals surface area (Å²) in [5.41, 5.74) is 0. The predicted molar refractivity (Wildman–Crippen MR) is 94.1 cm³/mol. The van der Waals surface area contributed by atoms with Crippen LogP contribution < -0.4 is 10.6 Å². The van der Waals surface area contributed by atoms with Crippen molar-refractivity contribution in [3.63, 3.8) is 0 Å². The summed E-state index contributed by atoms with van der Waals surface area (Å²) in [4.78, 5) is 14.8. The molecule has 1 amide bonds. The molecule has 0 aromatic heterocycles. The van der Waals surface area contributed by atoms with Crippen molar-refractivity contribution >= 4 is 30.7 Å². The van der Waals surface area contributed by atoms with Gasteiger partial charge < -0.3 is 20.3 Å². The van der Waals surface area contributed by atoms with Crippen LogP contribution in [0.1, 0.15) is 33.6 Å². The zero-order valence-corrected chi connectivity index (χ0v) is 15.5. The van der Waals surface area contributed by atoms with Crippen LogP contribution in [0.15, 0.2) is 0 Å². The van der Waals surface area contributed by atoms with E-state index in [-0.39, 0.29) is 42.9 Å². The number of hydrogen-bond acceptors (Lipinski definition) is 4. The Bertz CT molecular complexity index is 324. The Morgan fingerprint density at radius 2 is 1.95 bits per heavy atom. The Morgan fingerprint density at radius 1 is 1.32 bits per heavy atom. The average Bonchev–Trinajstić information content (AvgIpc) is 2.41. The van der Waals surface area contributed by atoms with E-state index in [0.717, 1.165) is 39.0 Å². The largest absolute Gasteiger partial charge is 0.375 e. The van der Waals surface area contributed by atoms with Crippen molar-refractivity contribution in [2.45, 2.75) is 51.8 Å². The van der Waals surface area contributed by atoms with Gasteiger partial charge in [0.1, 0.15) is 6.04 Å². The van der Waals surface area contributed by atoms with Gasteiger partial charge in [-0.1, -0.05) is 13.8 Å². The summed E-state index contributed by atoms with van der Waals surface area (Å²) in [6.07, 6.45) is 2.07. The van der Waals surface area contributed by atoms with Crippen LogP contribution in [0.5, 0.6) is 0 Å². The minimum absolute atomic E-state index is 0. The molecule has 22 heavy (non-hydrogen) atoms. The molecule has 0 aliphatic carbocycles. The van der Waals surface area contributed by atoms with Crippen molar-refractivity contribution in [3.05, 3.63) is 0 Å². The lowest BCUT2D eigenvalue weighted by molar-refractivity contribution is -0.130. The summed E-state index contributed by atoms with van der Waals surface area (Å²) >= 11 is 0. The van der Waals surface area contributed by atoms with Crippen molar-refractivity contribution < 1.29 is 9.53 Å². The van der Waals surface area contributed by atoms with E-state index < -0.39 is 0 Å². The van der Waals surface area contributed by atoms with Gasteiger partial charge in [0.25, 0.3) is 0 Å². The second-order valence-corrected chi connectivity index (χ2v) is 6.49. The smallest absolute Gasteiger partial charge is 0.240 e. The minimum Gasteiger partial charge on any atom is -0.375 e. The highest BCUT2D eigenvalue weighted by atomic mass is 35.5. The van der Waals surface area contributed by atoms with E-state index in [4.69, 9.17) is 4.74 Å². The number of nitrogens with one attached hydrogen (secondary N) is 2. The second-order valence-electron chi connectivity index (χ2n) is 6.49. The van der Waals surface area contributed by atoms with Gasteiger partial charge >= 0.3 is 0 Å². The maximum atomic E-state index is 12.3. The lowest BCUT2D eigenvalue weighted by Gasteiger charge is -2.35. The van der Waals surface area contributed by atoms with Crippen molar-refractivity contribution in [3.8, 4) is 0 Å². The first-order chi connectivity index (χ1) is 9.56. The molecular formula is C15H31Cl2N3O2. The maximum absolute atomic E-state index is 12.3. The summed E-state index contributed by atoms with van der Waals surface area (Å²) in [6.45, 7) is 11.3. The molecule has 0 unspecified atom stereocenters. The van der Waals surface area contributed by atoms with Crippen LogP contribution in [0, 0.1) is 5.92 Å². The highest BCUT2D eigenvalue weighted by Gasteiger charge is 2.30. The molecule has 5 nitrogen and oxygen atoms in total. The van der Waals surface area contributed by atoms with Crippen LogP contribution in [0.4, 0.5) is 0 Å². The molecule has 2 rings (SSSR count). The van der Waals surface area contributed by atoms with Crippen LogP contribution in [-0.2, 0) is 9.53 Å². The number of amides is 1. The molecule has 2 fully saturated rings. The number of carbonyl (C=O) groups excluding carboxylic acids is 1. The SMILES string of the molecule is CC(C)CN1CCC(NC(=O)[C@H]2NCCO[C@@H]2C)CC1.Cl.Cl. The molecule has 0 saturated carbocycles. The number of likely N-dealkylation sites (tertiary alicyclic amines) is 1. The lowest BCUT2D eigenvalue weighted by atomic mass is 10.0. The number of nitrogens with zero attached hydrogens (tertiary/aromatic N) is 1. The Hall–Kier alpha value is -0.0700. The van der Waals surface area contributed by atoms with Crippen molar-refractivity contribution in [1.29, 1.82) is 0 Å². The predicted octanol–water partition coefficient (Wildman–Crippen LogP) is 1.44. The van der Waals surface area contributed by atoms with E-state index in [1.54, 1.807) is 0 Å². The Labute approximate surface area is 146 Å². The molecule has 2 saturated heterocycles. The van der Waals surface area contributed by atoms with Crippen LogP contribution in [-0.4, -0.2) is 61.8 Å². The molecule has 132 valence electrons. The van der Waals surface area contributed by atoms with E-state index in [1.165, 1.54) is 0 Å². The number of morpholine rings is 1. The zero-order chi connectivity index (χ0) is 14.5. The van der Waals surface area contributed by atoms with E-state index >= 15 is 0 Å². The standard InChI is InChI=1S/C15H29N3O2.2ClH/c1-11(2)10-18-7-4-13(5-8-18)17-15(19)14-12(3)20-9-6-16-14;;/h11-14,16H,4-10H2,1-3H3,(H,17,19);2*1H/t12-,14+;;/m1../s1. The van der Waals surface area contributed by atoms with Gasteiger partial charge in [-0.15, -0.1) is 24.8 Å². The molecule has 2 atom stereocenters. The fourth-order valence-corrected chi connectivity index (χ4v) is 3.09. The molecule has 0 spiro atoms. The van der Waals surface area contributed by atoms with E-state index in [0.29, 0.717) is 18.6 Å². The van der Waals surface area contributed by atoms with Gasteiger partial charge in [-0.25, -0.2) is 0 Å². The van der Waals surface area contributed by atoms with E-state index in [9.17, 15) is 4.79 Å². The van der Waals surface area contributed by atoms with E-state index in [1.807, 2.05) is 6.92 Å². The van der Waals surface area contributed by atoms with Crippen molar-refractivity contribution in [2.75, 3.05) is 32.8 Å². The van der Waals surface area contributed by atoms with Gasteiger partial charge in [-0.05, 0) is 25.7 Å². The third kappa shape index (κ3) is 6.59. The molecule has 2 aliphatic rings. The number of halogens is 2. The lowest BCUT2D eigenvalue weighted by Crippen LogP contribution is -2.58. The van der Waals surface area contributed by atoms with E-state index in [2.05, 4.69) is 29.4 Å². The summed E-state index contributed by atoms with van der Waals surface area (Å²) in [6, 6.07) is 0.124. The number of ether oxygens (including phenoxy) is 1. The Morgan fingerprint density at radius 3 is 2.50 bits per heavy atom. The Kier molecular flexibility index (Phi) is 10.6. The van der Waals surface area contributed by atoms with Gasteiger partial charge in [0.05, 0.1) is 12.7 Å². The third-order valence-electron chi connectivity index (χ3n) is 4.16. The molecule has 0 bridgehead atoms.